The molecule has 0 unspecified atom stereocenters. The van der Waals surface area contributed by atoms with E-state index in [1.54, 1.807) is 75.4 Å². The highest BCUT2D eigenvalue weighted by atomic mass is 19.4. The highest BCUT2D eigenvalue weighted by molar-refractivity contribution is 5.72. The molecule has 1 fully saturated rings. The lowest BCUT2D eigenvalue weighted by molar-refractivity contribution is -0.143. The fraction of sp³-hybridized carbons (Fsp3) is 0.395. The minimum atomic E-state index is -5.06. The topological polar surface area (TPSA) is 86.3 Å². The lowest BCUT2D eigenvalue weighted by atomic mass is 9.75. The van der Waals surface area contributed by atoms with Crippen LogP contribution < -0.4 is 5.32 Å². The quantitative estimate of drug-likeness (QED) is 0.144. The SMILES string of the molecule is C[C@@H](OC[C@@]1(c2ccccc2)CC[C@@](COCc2ccccc2)(NC(=O)OC(C)(C)C)CN1C(=O)OCc1ccccc1)c1cc(C(F)(F)F)cc(C(F)(F)F)c1. The van der Waals surface area contributed by atoms with Crippen LogP contribution in [0.25, 0.3) is 0 Å². The van der Waals surface area contributed by atoms with Crippen molar-refractivity contribution in [3.05, 3.63) is 143 Å². The molecule has 1 aliphatic rings. The summed E-state index contributed by atoms with van der Waals surface area (Å²) >= 11 is 0. The maximum absolute atomic E-state index is 14.5. The molecule has 5 rings (SSSR count). The number of alkyl carbamates (subject to hydrolysis) is 1. The molecule has 1 heterocycles. The molecule has 0 aliphatic carbocycles. The number of piperidine rings is 1. The molecule has 1 aliphatic heterocycles. The zero-order chi connectivity index (χ0) is 41.5. The van der Waals surface area contributed by atoms with E-state index in [1.807, 2.05) is 36.4 Å². The summed E-state index contributed by atoms with van der Waals surface area (Å²) in [4.78, 5) is 29.3. The number of carbonyl (C=O) groups is 2. The van der Waals surface area contributed by atoms with Gasteiger partial charge in [-0.1, -0.05) is 91.0 Å². The first-order valence-corrected chi connectivity index (χ1v) is 18.4. The molecule has 4 aromatic carbocycles. The monoisotopic (exact) mass is 800 g/mol. The third kappa shape index (κ3) is 11.5. The summed E-state index contributed by atoms with van der Waals surface area (Å²) in [7, 11) is 0. The van der Waals surface area contributed by atoms with Crippen molar-refractivity contribution < 1.29 is 54.9 Å². The predicted octanol–water partition coefficient (Wildman–Crippen LogP) is 10.6. The zero-order valence-corrected chi connectivity index (χ0v) is 32.1. The molecule has 1 N–H and O–H groups in total. The number of carbonyl (C=O) groups excluding carboxylic acids is 2. The Balaban J connectivity index is 1.55. The lowest BCUT2D eigenvalue weighted by Gasteiger charge is -2.53. The van der Waals surface area contributed by atoms with Crippen molar-refractivity contribution in [2.24, 2.45) is 0 Å². The summed E-state index contributed by atoms with van der Waals surface area (Å²) in [5.74, 6) is 0. The Labute approximate surface area is 328 Å². The van der Waals surface area contributed by atoms with Gasteiger partial charge in [-0.2, -0.15) is 26.3 Å². The lowest BCUT2D eigenvalue weighted by Crippen LogP contribution is -2.68. The van der Waals surface area contributed by atoms with Crippen LogP contribution >= 0.6 is 0 Å². The molecule has 3 atom stereocenters. The van der Waals surface area contributed by atoms with E-state index in [9.17, 15) is 35.9 Å². The smallest absolute Gasteiger partial charge is 0.416 e. The van der Waals surface area contributed by atoms with Crippen molar-refractivity contribution in [2.45, 2.75) is 88.9 Å². The van der Waals surface area contributed by atoms with E-state index in [4.69, 9.17) is 18.9 Å². The van der Waals surface area contributed by atoms with Crippen LogP contribution in [0.3, 0.4) is 0 Å². The number of rotatable bonds is 12. The van der Waals surface area contributed by atoms with Crippen LogP contribution in [0.15, 0.2) is 109 Å². The number of hydrogen-bond acceptors (Lipinski definition) is 6. The molecule has 0 spiro atoms. The fourth-order valence-electron chi connectivity index (χ4n) is 6.72. The van der Waals surface area contributed by atoms with Crippen molar-refractivity contribution in [3.8, 4) is 0 Å². The Hall–Kier alpha value is -5.08. The number of alkyl halides is 6. The molecule has 0 bridgehead atoms. The average Bonchev–Trinajstić information content (AvgIpc) is 3.16. The second-order valence-corrected chi connectivity index (χ2v) is 15.2. The number of nitrogens with zero attached hydrogens (tertiary/aromatic N) is 1. The number of likely N-dealkylation sites (tertiary alicyclic amines) is 1. The predicted molar refractivity (Wildman–Crippen MR) is 200 cm³/mol. The second-order valence-electron chi connectivity index (χ2n) is 15.2. The molecule has 57 heavy (non-hydrogen) atoms. The van der Waals surface area contributed by atoms with Gasteiger partial charge in [0.2, 0.25) is 0 Å². The van der Waals surface area contributed by atoms with Crippen molar-refractivity contribution in [3.63, 3.8) is 0 Å². The van der Waals surface area contributed by atoms with Crippen LogP contribution in [0, 0.1) is 0 Å². The molecule has 8 nitrogen and oxygen atoms in total. The Bertz CT molecular complexity index is 1910. The summed E-state index contributed by atoms with van der Waals surface area (Å²) in [6.07, 6.45) is -12.7. The van der Waals surface area contributed by atoms with Crippen LogP contribution in [-0.2, 0) is 50.1 Å². The van der Waals surface area contributed by atoms with Gasteiger partial charge in [-0.3, -0.25) is 4.90 Å². The van der Waals surface area contributed by atoms with Gasteiger partial charge in [-0.15, -0.1) is 0 Å². The van der Waals surface area contributed by atoms with Crippen LogP contribution in [0.2, 0.25) is 0 Å². The summed E-state index contributed by atoms with van der Waals surface area (Å²) < 4.78 is 107. The van der Waals surface area contributed by atoms with Gasteiger partial charge in [-0.25, -0.2) is 9.59 Å². The number of nitrogens with one attached hydrogen (secondary N) is 1. The van der Waals surface area contributed by atoms with Gasteiger partial charge in [-0.05, 0) is 81.0 Å². The molecule has 0 radical (unpaired) electrons. The third-order valence-corrected chi connectivity index (χ3v) is 9.64. The molecule has 2 amide bonds. The molecular weight excluding hydrogens is 754 g/mol. The van der Waals surface area contributed by atoms with Crippen LogP contribution in [0.5, 0.6) is 0 Å². The molecule has 14 heteroatoms. The number of ether oxygens (including phenoxy) is 4. The summed E-state index contributed by atoms with van der Waals surface area (Å²) in [6.45, 7) is 5.88. The first kappa shape index (κ1) is 43.1. The van der Waals surface area contributed by atoms with Gasteiger partial charge in [0.1, 0.15) is 12.2 Å². The van der Waals surface area contributed by atoms with E-state index in [2.05, 4.69) is 5.32 Å². The Morgan fingerprint density at radius 1 is 0.737 bits per heavy atom. The first-order chi connectivity index (χ1) is 26.8. The molecule has 1 saturated heterocycles. The van der Waals surface area contributed by atoms with Crippen molar-refractivity contribution >= 4 is 12.2 Å². The van der Waals surface area contributed by atoms with Gasteiger partial charge in [0.25, 0.3) is 0 Å². The van der Waals surface area contributed by atoms with E-state index in [0.717, 1.165) is 5.56 Å². The third-order valence-electron chi connectivity index (χ3n) is 9.64. The maximum atomic E-state index is 14.5. The number of hydrogen-bond donors (Lipinski definition) is 1. The van der Waals surface area contributed by atoms with E-state index >= 15 is 0 Å². The van der Waals surface area contributed by atoms with Gasteiger partial charge >= 0.3 is 24.5 Å². The van der Waals surface area contributed by atoms with Crippen molar-refractivity contribution in [1.29, 1.82) is 0 Å². The largest absolute Gasteiger partial charge is 0.445 e. The molecule has 4 aromatic rings. The second kappa shape index (κ2) is 17.6. The Morgan fingerprint density at radius 3 is 1.79 bits per heavy atom. The van der Waals surface area contributed by atoms with E-state index in [0.29, 0.717) is 23.3 Å². The van der Waals surface area contributed by atoms with Gasteiger partial charge in [0, 0.05) is 0 Å². The number of halogens is 6. The molecule has 0 saturated carbocycles. The highest BCUT2D eigenvalue weighted by Crippen LogP contribution is 2.44. The minimum Gasteiger partial charge on any atom is -0.445 e. The van der Waals surface area contributed by atoms with Crippen molar-refractivity contribution in [2.75, 3.05) is 19.8 Å². The molecule has 306 valence electrons. The normalized spacial score (nSPS) is 19.4. The molecule has 0 aromatic heterocycles. The van der Waals surface area contributed by atoms with E-state index < -0.39 is 58.4 Å². The first-order valence-electron chi connectivity index (χ1n) is 18.4. The van der Waals surface area contributed by atoms with Crippen molar-refractivity contribution in [1.82, 2.24) is 10.2 Å². The van der Waals surface area contributed by atoms with Crippen LogP contribution in [0.1, 0.15) is 80.0 Å². The van der Waals surface area contributed by atoms with Gasteiger partial charge < -0.3 is 24.3 Å². The highest BCUT2D eigenvalue weighted by Gasteiger charge is 2.53. The fourth-order valence-corrected chi connectivity index (χ4v) is 6.72. The number of benzene rings is 4. The van der Waals surface area contributed by atoms with Gasteiger partial charge in [0.15, 0.2) is 0 Å². The number of amides is 2. The summed E-state index contributed by atoms with van der Waals surface area (Å²) in [5, 5.41) is 2.97. The van der Waals surface area contributed by atoms with Crippen LogP contribution in [-0.4, -0.2) is 48.0 Å². The minimum absolute atomic E-state index is 0.0599. The van der Waals surface area contributed by atoms with E-state index in [-0.39, 0.29) is 57.4 Å². The standard InChI is InChI=1S/C43H46F6N2O6/c1-30(33-22-35(42(44,45)46)24-36(23-33)43(47,48)49)56-29-41(34-18-12-7-13-19-34)21-20-40(50-37(52)57-39(2,3)4,28-54-25-31-14-8-5-9-15-31)27-51(41)38(53)55-26-32-16-10-6-11-17-32/h5-19,22-24,30H,20-21,25-29H2,1-4H3,(H,50,52)/t30-,40-,41-/m1/s1. The van der Waals surface area contributed by atoms with Gasteiger partial charge in [0.05, 0.1) is 54.7 Å². The van der Waals surface area contributed by atoms with E-state index in [1.165, 1.54) is 11.8 Å². The molecular formula is C43H46F6N2O6. The summed E-state index contributed by atoms with van der Waals surface area (Å²) in [6, 6.07) is 28.3. The average molecular weight is 801 g/mol. The Morgan fingerprint density at radius 2 is 1.26 bits per heavy atom. The summed E-state index contributed by atoms with van der Waals surface area (Å²) in [5.41, 5.74) is -4.71. The zero-order valence-electron chi connectivity index (χ0n) is 32.1. The van der Waals surface area contributed by atoms with Crippen LogP contribution in [0.4, 0.5) is 35.9 Å². The Kier molecular flexibility index (Phi) is 13.3. The maximum Gasteiger partial charge on any atom is 0.416 e.